The van der Waals surface area contributed by atoms with Gasteiger partial charge in [-0.2, -0.15) is 5.10 Å². The second-order valence-corrected chi connectivity index (χ2v) is 11.9. The first kappa shape index (κ1) is 21.1. The Balaban J connectivity index is 1.19. The van der Waals surface area contributed by atoms with Gasteiger partial charge in [-0.3, -0.25) is 14.7 Å². The smallest absolute Gasteiger partial charge is 0.274 e. The molecule has 0 radical (unpaired) electrons. The molecule has 31 heavy (non-hydrogen) atoms. The monoisotopic (exact) mass is 502 g/mol. The van der Waals surface area contributed by atoms with Crippen LogP contribution in [0.1, 0.15) is 55.0 Å². The van der Waals surface area contributed by atoms with Crippen LogP contribution in [0.4, 0.5) is 0 Å². The fraction of sp³-hybridized carbons (Fsp3) is 0.522. The van der Waals surface area contributed by atoms with E-state index in [0.717, 1.165) is 22.3 Å². The lowest BCUT2D eigenvalue weighted by Gasteiger charge is -2.27. The standard InChI is InChI=1S/C23H27BrN4O2S/c1-23(2,3)19-9-17(26-27-19)22(30)28-10-14-15(11-28)20(14)21(29)25-16-6-7-31-18-5-4-12(24)8-13(16)18/h4-5,8-9,14-16,20H,6-7,10-11H2,1-3H3,(H,25,29)(H,26,27)/t14-,15+,16?,20?. The van der Waals surface area contributed by atoms with E-state index in [9.17, 15) is 9.59 Å². The molecule has 1 aromatic heterocycles. The largest absolute Gasteiger partial charge is 0.349 e. The van der Waals surface area contributed by atoms with E-state index < -0.39 is 0 Å². The Labute approximate surface area is 195 Å². The third kappa shape index (κ3) is 3.93. The Morgan fingerprint density at radius 2 is 1.97 bits per heavy atom. The second-order valence-electron chi connectivity index (χ2n) is 9.86. The molecule has 3 aliphatic rings. The number of rotatable bonds is 3. The number of halogens is 1. The molecule has 2 aliphatic heterocycles. The van der Waals surface area contributed by atoms with Gasteiger partial charge in [0.25, 0.3) is 5.91 Å². The minimum absolute atomic E-state index is 0.0264. The molecule has 1 aromatic carbocycles. The zero-order chi connectivity index (χ0) is 21.9. The molecule has 0 bridgehead atoms. The Bertz CT molecular complexity index is 1030. The highest BCUT2D eigenvalue weighted by Crippen LogP contribution is 2.52. The maximum atomic E-state index is 13.0. The van der Waals surface area contributed by atoms with Crippen molar-refractivity contribution in [1.29, 1.82) is 0 Å². The first-order chi connectivity index (χ1) is 14.7. The second kappa shape index (κ2) is 7.66. The number of nitrogens with one attached hydrogen (secondary N) is 2. The number of amides is 2. The topological polar surface area (TPSA) is 78.1 Å². The summed E-state index contributed by atoms with van der Waals surface area (Å²) in [6, 6.07) is 8.22. The number of likely N-dealkylation sites (tertiary alicyclic amines) is 1. The molecule has 1 aliphatic carbocycles. The molecule has 164 valence electrons. The maximum absolute atomic E-state index is 13.0. The van der Waals surface area contributed by atoms with Gasteiger partial charge in [0.05, 0.1) is 6.04 Å². The normalized spacial score (nSPS) is 26.9. The summed E-state index contributed by atoms with van der Waals surface area (Å²) in [5, 5.41) is 10.5. The molecule has 2 N–H and O–H groups in total. The quantitative estimate of drug-likeness (QED) is 0.660. The van der Waals surface area contributed by atoms with E-state index in [2.05, 4.69) is 70.4 Å². The van der Waals surface area contributed by atoms with Gasteiger partial charge in [0.2, 0.25) is 5.91 Å². The van der Waals surface area contributed by atoms with Gasteiger partial charge in [-0.05, 0) is 48.1 Å². The van der Waals surface area contributed by atoms with E-state index in [0.29, 0.717) is 18.8 Å². The maximum Gasteiger partial charge on any atom is 0.274 e. The Morgan fingerprint density at radius 3 is 2.65 bits per heavy atom. The average Bonchev–Trinajstić information content (AvgIpc) is 3.10. The summed E-state index contributed by atoms with van der Waals surface area (Å²) in [7, 11) is 0. The van der Waals surface area contributed by atoms with Crippen LogP contribution in [-0.2, 0) is 10.2 Å². The van der Waals surface area contributed by atoms with E-state index in [-0.39, 0.29) is 41.0 Å². The number of benzene rings is 1. The minimum Gasteiger partial charge on any atom is -0.349 e. The van der Waals surface area contributed by atoms with Crippen LogP contribution in [0.15, 0.2) is 33.6 Å². The van der Waals surface area contributed by atoms with Gasteiger partial charge in [-0.25, -0.2) is 0 Å². The molecule has 2 fully saturated rings. The third-order valence-corrected chi connectivity index (χ3v) is 8.33. The lowest BCUT2D eigenvalue weighted by atomic mass is 9.92. The fourth-order valence-electron chi connectivity index (χ4n) is 4.84. The van der Waals surface area contributed by atoms with E-state index in [1.165, 1.54) is 10.5 Å². The number of thioether (sulfide) groups is 1. The van der Waals surface area contributed by atoms with Crippen LogP contribution in [0, 0.1) is 17.8 Å². The number of aromatic nitrogens is 2. The molecule has 5 rings (SSSR count). The number of piperidine rings is 1. The van der Waals surface area contributed by atoms with E-state index in [4.69, 9.17) is 0 Å². The Kier molecular flexibility index (Phi) is 5.20. The molecule has 2 aromatic rings. The van der Waals surface area contributed by atoms with Crippen molar-refractivity contribution in [1.82, 2.24) is 20.4 Å². The summed E-state index contributed by atoms with van der Waals surface area (Å²) in [5.41, 5.74) is 2.55. The highest BCUT2D eigenvalue weighted by molar-refractivity contribution is 9.10. The van der Waals surface area contributed by atoms with E-state index >= 15 is 0 Å². The summed E-state index contributed by atoms with van der Waals surface area (Å²) in [5.74, 6) is 1.67. The zero-order valence-electron chi connectivity index (χ0n) is 17.9. The van der Waals surface area contributed by atoms with Crippen molar-refractivity contribution in [3.63, 3.8) is 0 Å². The third-order valence-electron chi connectivity index (χ3n) is 6.72. The highest BCUT2D eigenvalue weighted by atomic mass is 79.9. The highest BCUT2D eigenvalue weighted by Gasteiger charge is 2.60. The van der Waals surface area contributed by atoms with Gasteiger partial charge in [-0.1, -0.05) is 36.7 Å². The van der Waals surface area contributed by atoms with Gasteiger partial charge >= 0.3 is 0 Å². The molecular weight excluding hydrogens is 476 g/mol. The van der Waals surface area contributed by atoms with Crippen molar-refractivity contribution in [3.8, 4) is 0 Å². The van der Waals surface area contributed by atoms with Crippen molar-refractivity contribution in [2.24, 2.45) is 17.8 Å². The number of fused-ring (bicyclic) bond motifs is 2. The van der Waals surface area contributed by atoms with Gasteiger partial charge in [0.15, 0.2) is 0 Å². The zero-order valence-corrected chi connectivity index (χ0v) is 20.3. The van der Waals surface area contributed by atoms with Crippen LogP contribution in [0.25, 0.3) is 0 Å². The SMILES string of the molecule is CC(C)(C)c1cc(C(=O)N2C[C@@H]3C(C(=O)NC4CCSc5ccc(Br)cc54)[C@@H]3C2)n[nH]1. The summed E-state index contributed by atoms with van der Waals surface area (Å²) in [6.07, 6.45) is 0.946. The van der Waals surface area contributed by atoms with E-state index in [1.807, 2.05) is 22.7 Å². The van der Waals surface area contributed by atoms with Crippen molar-refractivity contribution in [2.45, 2.75) is 43.5 Å². The first-order valence-corrected chi connectivity index (χ1v) is 12.6. The number of carbonyl (C=O) groups is 2. The minimum atomic E-state index is -0.0757. The predicted octanol–water partition coefficient (Wildman–Crippen LogP) is 4.14. The number of H-pyrrole nitrogens is 1. The van der Waals surface area contributed by atoms with Crippen LogP contribution < -0.4 is 5.32 Å². The molecule has 2 amide bonds. The number of aromatic amines is 1. The summed E-state index contributed by atoms with van der Waals surface area (Å²) in [6.45, 7) is 7.55. The van der Waals surface area contributed by atoms with Crippen molar-refractivity contribution in [2.75, 3.05) is 18.8 Å². The van der Waals surface area contributed by atoms with Gasteiger partial charge in [0, 0.05) is 45.2 Å². The summed E-state index contributed by atoms with van der Waals surface area (Å²) in [4.78, 5) is 28.9. The van der Waals surface area contributed by atoms with Crippen molar-refractivity contribution >= 4 is 39.5 Å². The molecule has 0 spiro atoms. The van der Waals surface area contributed by atoms with E-state index in [1.54, 1.807) is 0 Å². The van der Waals surface area contributed by atoms with Gasteiger partial charge in [0.1, 0.15) is 5.69 Å². The van der Waals surface area contributed by atoms with Crippen LogP contribution in [0.5, 0.6) is 0 Å². The Hall–Kier alpha value is -1.80. The molecule has 2 unspecified atom stereocenters. The number of hydrogen-bond acceptors (Lipinski definition) is 4. The van der Waals surface area contributed by atoms with Crippen LogP contribution in [0.3, 0.4) is 0 Å². The number of carbonyl (C=O) groups excluding carboxylic acids is 2. The fourth-order valence-corrected chi connectivity index (χ4v) is 6.33. The first-order valence-electron chi connectivity index (χ1n) is 10.8. The Morgan fingerprint density at radius 1 is 1.23 bits per heavy atom. The molecular formula is C23H27BrN4O2S. The molecule has 6 nitrogen and oxygen atoms in total. The van der Waals surface area contributed by atoms with Crippen LogP contribution in [-0.4, -0.2) is 45.8 Å². The number of nitrogens with zero attached hydrogens (tertiary/aromatic N) is 2. The lowest BCUT2D eigenvalue weighted by Crippen LogP contribution is -2.37. The molecule has 1 saturated carbocycles. The number of hydrogen-bond donors (Lipinski definition) is 2. The molecule has 4 atom stereocenters. The molecule has 8 heteroatoms. The van der Waals surface area contributed by atoms with Crippen molar-refractivity contribution < 1.29 is 9.59 Å². The summed E-state index contributed by atoms with van der Waals surface area (Å²) >= 11 is 5.40. The predicted molar refractivity (Wildman–Crippen MR) is 124 cm³/mol. The van der Waals surface area contributed by atoms with Crippen molar-refractivity contribution in [3.05, 3.63) is 45.7 Å². The van der Waals surface area contributed by atoms with Gasteiger partial charge < -0.3 is 10.2 Å². The lowest BCUT2D eigenvalue weighted by molar-refractivity contribution is -0.124. The molecule has 3 heterocycles. The van der Waals surface area contributed by atoms with Gasteiger partial charge in [-0.15, -0.1) is 11.8 Å². The van der Waals surface area contributed by atoms with Crippen LogP contribution in [0.2, 0.25) is 0 Å². The summed E-state index contributed by atoms with van der Waals surface area (Å²) < 4.78 is 1.04. The van der Waals surface area contributed by atoms with Crippen LogP contribution >= 0.6 is 27.7 Å². The average molecular weight is 503 g/mol. The molecule has 1 saturated heterocycles.